The van der Waals surface area contributed by atoms with E-state index in [0.29, 0.717) is 0 Å². The summed E-state index contributed by atoms with van der Waals surface area (Å²) in [6.45, 7) is 14.6. The van der Waals surface area contributed by atoms with Crippen molar-refractivity contribution in [2.24, 2.45) is 5.92 Å². The Labute approximate surface area is 119 Å². The SMILES string of the molecule is CCc1c(C)cccc1CCC(C)CNC(C)(C)C. The van der Waals surface area contributed by atoms with Gasteiger partial charge in [0.05, 0.1) is 0 Å². The summed E-state index contributed by atoms with van der Waals surface area (Å²) in [5.74, 6) is 0.726. The molecular formula is C18H31N. The molecule has 1 aromatic rings. The van der Waals surface area contributed by atoms with E-state index in [9.17, 15) is 0 Å². The van der Waals surface area contributed by atoms with Gasteiger partial charge in [-0.25, -0.2) is 0 Å². The first kappa shape index (κ1) is 16.2. The predicted octanol–water partition coefficient (Wildman–Crippen LogP) is 4.51. The summed E-state index contributed by atoms with van der Waals surface area (Å²) >= 11 is 0. The molecule has 0 aromatic heterocycles. The zero-order valence-corrected chi connectivity index (χ0v) is 13.6. The van der Waals surface area contributed by atoms with Gasteiger partial charge in [-0.15, -0.1) is 0 Å². The van der Waals surface area contributed by atoms with E-state index in [1.54, 1.807) is 11.1 Å². The van der Waals surface area contributed by atoms with Crippen molar-refractivity contribution in [3.8, 4) is 0 Å². The van der Waals surface area contributed by atoms with Gasteiger partial charge >= 0.3 is 0 Å². The molecule has 0 saturated heterocycles. The molecule has 0 aliphatic heterocycles. The molecule has 19 heavy (non-hydrogen) atoms. The van der Waals surface area contributed by atoms with E-state index in [2.05, 4.69) is 65.1 Å². The first-order valence-electron chi connectivity index (χ1n) is 7.66. The summed E-state index contributed by atoms with van der Waals surface area (Å²) < 4.78 is 0. The highest BCUT2D eigenvalue weighted by Gasteiger charge is 2.12. The van der Waals surface area contributed by atoms with Crippen molar-refractivity contribution in [2.75, 3.05) is 6.54 Å². The van der Waals surface area contributed by atoms with Crippen LogP contribution in [0, 0.1) is 12.8 Å². The van der Waals surface area contributed by atoms with Gasteiger partial charge < -0.3 is 5.32 Å². The largest absolute Gasteiger partial charge is 0.312 e. The highest BCUT2D eigenvalue weighted by Crippen LogP contribution is 2.18. The fourth-order valence-electron chi connectivity index (χ4n) is 2.49. The third-order valence-corrected chi connectivity index (χ3v) is 3.75. The van der Waals surface area contributed by atoms with Crippen LogP contribution in [0.15, 0.2) is 18.2 Å². The van der Waals surface area contributed by atoms with E-state index in [4.69, 9.17) is 0 Å². The maximum Gasteiger partial charge on any atom is 0.00966 e. The van der Waals surface area contributed by atoms with Crippen LogP contribution in [0.3, 0.4) is 0 Å². The molecular weight excluding hydrogens is 230 g/mol. The van der Waals surface area contributed by atoms with Gasteiger partial charge in [0.15, 0.2) is 0 Å². The van der Waals surface area contributed by atoms with Crippen LogP contribution in [0.5, 0.6) is 0 Å². The molecule has 1 rings (SSSR count). The third kappa shape index (κ3) is 5.78. The maximum absolute atomic E-state index is 3.60. The molecule has 0 bridgehead atoms. The summed E-state index contributed by atoms with van der Waals surface area (Å²) in [4.78, 5) is 0. The lowest BCUT2D eigenvalue weighted by Gasteiger charge is -2.23. The molecule has 1 nitrogen and oxygen atoms in total. The first-order chi connectivity index (χ1) is 8.83. The molecule has 0 heterocycles. The normalized spacial score (nSPS) is 13.6. The van der Waals surface area contributed by atoms with Crippen LogP contribution >= 0.6 is 0 Å². The lowest BCUT2D eigenvalue weighted by molar-refractivity contribution is 0.372. The van der Waals surface area contributed by atoms with Crippen molar-refractivity contribution in [2.45, 2.75) is 66.3 Å². The number of rotatable bonds is 6. The Kier molecular flexibility index (Phi) is 6.06. The van der Waals surface area contributed by atoms with E-state index >= 15 is 0 Å². The lowest BCUT2D eigenvalue weighted by atomic mass is 9.93. The summed E-state index contributed by atoms with van der Waals surface area (Å²) in [5.41, 5.74) is 4.77. The van der Waals surface area contributed by atoms with Crippen LogP contribution < -0.4 is 5.32 Å². The Balaban J connectivity index is 2.50. The second-order valence-corrected chi connectivity index (χ2v) is 6.84. The molecule has 0 saturated carbocycles. The molecule has 0 aliphatic rings. The van der Waals surface area contributed by atoms with Gasteiger partial charge in [-0.2, -0.15) is 0 Å². The fraction of sp³-hybridized carbons (Fsp3) is 0.667. The molecule has 108 valence electrons. The zero-order chi connectivity index (χ0) is 14.5. The molecule has 0 amide bonds. The van der Waals surface area contributed by atoms with Crippen LogP contribution in [-0.2, 0) is 12.8 Å². The number of aryl methyl sites for hydroxylation is 2. The average Bonchev–Trinajstić information content (AvgIpc) is 2.33. The van der Waals surface area contributed by atoms with E-state index in [1.165, 1.54) is 18.4 Å². The minimum Gasteiger partial charge on any atom is -0.312 e. The maximum atomic E-state index is 3.60. The topological polar surface area (TPSA) is 12.0 Å². The average molecular weight is 261 g/mol. The molecule has 0 spiro atoms. The third-order valence-electron chi connectivity index (χ3n) is 3.75. The fourth-order valence-corrected chi connectivity index (χ4v) is 2.49. The summed E-state index contributed by atoms with van der Waals surface area (Å²) in [6, 6.07) is 6.73. The minimum absolute atomic E-state index is 0.228. The molecule has 1 atom stereocenters. The first-order valence-corrected chi connectivity index (χ1v) is 7.66. The van der Waals surface area contributed by atoms with Crippen molar-refractivity contribution < 1.29 is 0 Å². The summed E-state index contributed by atoms with van der Waals surface area (Å²) in [6.07, 6.45) is 3.62. The van der Waals surface area contributed by atoms with Crippen LogP contribution in [0.25, 0.3) is 0 Å². The summed E-state index contributed by atoms with van der Waals surface area (Å²) in [7, 11) is 0. The Morgan fingerprint density at radius 3 is 2.47 bits per heavy atom. The summed E-state index contributed by atoms with van der Waals surface area (Å²) in [5, 5.41) is 3.60. The number of hydrogen-bond donors (Lipinski definition) is 1. The molecule has 0 fully saturated rings. The lowest BCUT2D eigenvalue weighted by Crippen LogP contribution is -2.38. The van der Waals surface area contributed by atoms with Crippen molar-refractivity contribution in [3.63, 3.8) is 0 Å². The van der Waals surface area contributed by atoms with Gasteiger partial charge in [0.1, 0.15) is 0 Å². The van der Waals surface area contributed by atoms with Crippen LogP contribution in [0.4, 0.5) is 0 Å². The Hall–Kier alpha value is -0.820. The van der Waals surface area contributed by atoms with Gasteiger partial charge in [-0.05, 0) is 76.1 Å². The number of hydrogen-bond acceptors (Lipinski definition) is 1. The van der Waals surface area contributed by atoms with Crippen molar-refractivity contribution in [1.29, 1.82) is 0 Å². The van der Waals surface area contributed by atoms with Gasteiger partial charge in [0.25, 0.3) is 0 Å². The highest BCUT2D eigenvalue weighted by molar-refractivity contribution is 5.34. The zero-order valence-electron chi connectivity index (χ0n) is 13.6. The second kappa shape index (κ2) is 7.09. The Morgan fingerprint density at radius 1 is 1.21 bits per heavy atom. The van der Waals surface area contributed by atoms with E-state index in [1.807, 2.05) is 0 Å². The van der Waals surface area contributed by atoms with Crippen LogP contribution in [0.2, 0.25) is 0 Å². The van der Waals surface area contributed by atoms with Gasteiger partial charge in [0.2, 0.25) is 0 Å². The van der Waals surface area contributed by atoms with Crippen molar-refractivity contribution >= 4 is 0 Å². The molecule has 1 aromatic carbocycles. The van der Waals surface area contributed by atoms with Crippen molar-refractivity contribution in [1.82, 2.24) is 5.32 Å². The quantitative estimate of drug-likeness (QED) is 0.794. The Morgan fingerprint density at radius 2 is 1.89 bits per heavy atom. The molecule has 1 heteroatoms. The molecule has 1 unspecified atom stereocenters. The number of benzene rings is 1. The van der Waals surface area contributed by atoms with E-state index < -0.39 is 0 Å². The highest BCUT2D eigenvalue weighted by atomic mass is 14.9. The standard InChI is InChI=1S/C18H31N/c1-7-17-15(3)9-8-10-16(17)12-11-14(2)13-19-18(4,5)6/h8-10,14,19H,7,11-13H2,1-6H3. The second-order valence-electron chi connectivity index (χ2n) is 6.84. The van der Waals surface area contributed by atoms with E-state index in [0.717, 1.165) is 18.9 Å². The predicted molar refractivity (Wildman–Crippen MR) is 85.8 cm³/mol. The van der Waals surface area contributed by atoms with E-state index in [-0.39, 0.29) is 5.54 Å². The monoisotopic (exact) mass is 261 g/mol. The van der Waals surface area contributed by atoms with Gasteiger partial charge in [-0.3, -0.25) is 0 Å². The van der Waals surface area contributed by atoms with Gasteiger partial charge in [-0.1, -0.05) is 32.0 Å². The number of nitrogens with one attached hydrogen (secondary N) is 1. The van der Waals surface area contributed by atoms with Crippen molar-refractivity contribution in [3.05, 3.63) is 34.9 Å². The smallest absolute Gasteiger partial charge is 0.00966 e. The Bertz CT molecular complexity index is 387. The molecule has 0 radical (unpaired) electrons. The van der Waals surface area contributed by atoms with Crippen LogP contribution in [-0.4, -0.2) is 12.1 Å². The minimum atomic E-state index is 0.228. The molecule has 1 N–H and O–H groups in total. The van der Waals surface area contributed by atoms with Gasteiger partial charge in [0, 0.05) is 5.54 Å². The molecule has 0 aliphatic carbocycles. The van der Waals surface area contributed by atoms with Crippen LogP contribution in [0.1, 0.15) is 57.7 Å².